The predicted octanol–water partition coefficient (Wildman–Crippen LogP) is 0.541. The van der Waals surface area contributed by atoms with E-state index in [1.165, 1.54) is 12.1 Å². The van der Waals surface area contributed by atoms with Crippen molar-refractivity contribution >= 4 is 15.7 Å². The summed E-state index contributed by atoms with van der Waals surface area (Å²) in [6, 6.07) is 6.58. The summed E-state index contributed by atoms with van der Waals surface area (Å²) in [6.07, 6.45) is 1.03. The number of primary sulfonamides is 1. The largest absolute Gasteiger partial charge is 0.394 e. The quantitative estimate of drug-likeness (QED) is 0.839. The molecule has 1 fully saturated rings. The Morgan fingerprint density at radius 2 is 2.00 bits per heavy atom. The molecule has 0 amide bonds. The maximum absolute atomic E-state index is 11.2. The molecule has 3 N–H and O–H groups in total. The number of rotatable bonds is 3. The van der Waals surface area contributed by atoms with Crippen LogP contribution in [0.1, 0.15) is 13.3 Å². The Bertz CT molecular complexity index is 513. The van der Waals surface area contributed by atoms with E-state index in [9.17, 15) is 13.5 Å². The van der Waals surface area contributed by atoms with Crippen LogP contribution in [-0.4, -0.2) is 32.7 Å². The number of aliphatic hydroxyl groups excluding tert-OH is 1. The third-order valence-corrected chi connectivity index (χ3v) is 4.50. The van der Waals surface area contributed by atoms with Crippen LogP contribution < -0.4 is 10.0 Å². The van der Waals surface area contributed by atoms with Gasteiger partial charge in [-0.2, -0.15) is 0 Å². The Morgan fingerprint density at radius 1 is 1.39 bits per heavy atom. The molecule has 100 valence electrons. The van der Waals surface area contributed by atoms with Crippen LogP contribution in [0.15, 0.2) is 29.2 Å². The van der Waals surface area contributed by atoms with Gasteiger partial charge in [0.15, 0.2) is 0 Å². The number of benzene rings is 1. The van der Waals surface area contributed by atoms with Crippen LogP contribution in [0.2, 0.25) is 0 Å². The van der Waals surface area contributed by atoms with Gasteiger partial charge in [-0.15, -0.1) is 0 Å². The lowest BCUT2D eigenvalue weighted by atomic mass is 10.0. The van der Waals surface area contributed by atoms with E-state index in [1.54, 1.807) is 12.1 Å². The zero-order chi connectivity index (χ0) is 13.3. The fourth-order valence-electron chi connectivity index (χ4n) is 2.43. The van der Waals surface area contributed by atoms with Gasteiger partial charge in [-0.3, -0.25) is 0 Å². The van der Waals surface area contributed by atoms with Crippen LogP contribution in [0.25, 0.3) is 0 Å². The van der Waals surface area contributed by atoms with Gasteiger partial charge in [0.05, 0.1) is 17.5 Å². The van der Waals surface area contributed by atoms with E-state index >= 15 is 0 Å². The van der Waals surface area contributed by atoms with Gasteiger partial charge in [-0.1, -0.05) is 6.92 Å². The summed E-state index contributed by atoms with van der Waals surface area (Å²) in [5.41, 5.74) is 0.922. The molecule has 1 saturated heterocycles. The molecule has 1 aliphatic rings. The van der Waals surface area contributed by atoms with E-state index in [-0.39, 0.29) is 17.5 Å². The molecule has 2 rings (SSSR count). The molecule has 1 heterocycles. The van der Waals surface area contributed by atoms with E-state index in [0.29, 0.717) is 5.92 Å². The van der Waals surface area contributed by atoms with Gasteiger partial charge < -0.3 is 10.0 Å². The van der Waals surface area contributed by atoms with Gasteiger partial charge in [0, 0.05) is 12.2 Å². The summed E-state index contributed by atoms with van der Waals surface area (Å²) >= 11 is 0. The Labute approximate surface area is 107 Å². The van der Waals surface area contributed by atoms with Crippen molar-refractivity contribution in [3.05, 3.63) is 24.3 Å². The highest BCUT2D eigenvalue weighted by molar-refractivity contribution is 7.89. The fourth-order valence-corrected chi connectivity index (χ4v) is 2.95. The van der Waals surface area contributed by atoms with Gasteiger partial charge in [0.1, 0.15) is 0 Å². The second-order valence-corrected chi connectivity index (χ2v) is 6.31. The molecule has 0 bridgehead atoms. The molecule has 0 aliphatic carbocycles. The highest BCUT2D eigenvalue weighted by Gasteiger charge is 2.30. The Balaban J connectivity index is 2.25. The van der Waals surface area contributed by atoms with Crippen molar-refractivity contribution < 1.29 is 13.5 Å². The molecule has 2 unspecified atom stereocenters. The van der Waals surface area contributed by atoms with Crippen molar-refractivity contribution in [2.24, 2.45) is 11.1 Å². The average Bonchev–Trinajstić information content (AvgIpc) is 2.69. The fraction of sp³-hybridized carbons (Fsp3) is 0.500. The van der Waals surface area contributed by atoms with Crippen molar-refractivity contribution in [2.75, 3.05) is 18.1 Å². The van der Waals surface area contributed by atoms with Crippen molar-refractivity contribution in [1.29, 1.82) is 0 Å². The normalized spacial score (nSPS) is 24.5. The van der Waals surface area contributed by atoms with Crippen LogP contribution in [0, 0.1) is 5.92 Å². The summed E-state index contributed by atoms with van der Waals surface area (Å²) in [5, 5.41) is 14.4. The molecule has 0 radical (unpaired) electrons. The van der Waals surface area contributed by atoms with Gasteiger partial charge in [0.25, 0.3) is 0 Å². The van der Waals surface area contributed by atoms with Crippen LogP contribution in [-0.2, 0) is 10.0 Å². The van der Waals surface area contributed by atoms with Crippen molar-refractivity contribution in [3.8, 4) is 0 Å². The summed E-state index contributed by atoms with van der Waals surface area (Å²) < 4.78 is 22.3. The number of hydrogen-bond acceptors (Lipinski definition) is 4. The smallest absolute Gasteiger partial charge is 0.238 e. The van der Waals surface area contributed by atoms with Gasteiger partial charge in [0.2, 0.25) is 10.0 Å². The lowest BCUT2D eigenvalue weighted by molar-refractivity contribution is 0.245. The van der Waals surface area contributed by atoms with Crippen LogP contribution in [0.4, 0.5) is 5.69 Å². The first-order chi connectivity index (χ1) is 8.43. The van der Waals surface area contributed by atoms with Crippen molar-refractivity contribution in [3.63, 3.8) is 0 Å². The number of sulfonamides is 1. The van der Waals surface area contributed by atoms with E-state index < -0.39 is 10.0 Å². The number of nitrogens with zero attached hydrogens (tertiary/aromatic N) is 1. The molecular formula is C12H18N2O3S. The van der Waals surface area contributed by atoms with E-state index in [1.807, 2.05) is 0 Å². The number of hydrogen-bond donors (Lipinski definition) is 2. The second kappa shape index (κ2) is 4.87. The molecule has 1 aromatic carbocycles. The molecule has 2 atom stereocenters. The lowest BCUT2D eigenvalue weighted by Gasteiger charge is -2.27. The van der Waals surface area contributed by atoms with Crippen LogP contribution >= 0.6 is 0 Å². The standard InChI is InChI=1S/C12H18N2O3S/c1-9-6-7-14(12(9)8-15)10-2-4-11(5-3-10)18(13,16)17/h2-5,9,12,15H,6-8H2,1H3,(H2,13,16,17). The summed E-state index contributed by atoms with van der Waals surface area (Å²) in [4.78, 5) is 2.22. The van der Waals surface area contributed by atoms with E-state index in [0.717, 1.165) is 18.7 Å². The highest BCUT2D eigenvalue weighted by Crippen LogP contribution is 2.29. The average molecular weight is 270 g/mol. The summed E-state index contributed by atoms with van der Waals surface area (Å²) in [7, 11) is -3.64. The molecule has 6 heteroatoms. The molecule has 1 aliphatic heterocycles. The minimum absolute atomic E-state index is 0.102. The lowest BCUT2D eigenvalue weighted by Crippen LogP contribution is -2.35. The van der Waals surface area contributed by atoms with Gasteiger partial charge >= 0.3 is 0 Å². The van der Waals surface area contributed by atoms with Gasteiger partial charge in [-0.25, -0.2) is 13.6 Å². The number of aliphatic hydroxyl groups is 1. The Morgan fingerprint density at radius 3 is 2.50 bits per heavy atom. The number of anilines is 1. The molecule has 18 heavy (non-hydrogen) atoms. The van der Waals surface area contributed by atoms with Crippen LogP contribution in [0.3, 0.4) is 0 Å². The van der Waals surface area contributed by atoms with Crippen molar-refractivity contribution in [2.45, 2.75) is 24.3 Å². The predicted molar refractivity (Wildman–Crippen MR) is 69.8 cm³/mol. The van der Waals surface area contributed by atoms with E-state index in [2.05, 4.69) is 11.8 Å². The van der Waals surface area contributed by atoms with Gasteiger partial charge in [-0.05, 0) is 36.6 Å². The zero-order valence-electron chi connectivity index (χ0n) is 10.3. The molecule has 0 spiro atoms. The maximum Gasteiger partial charge on any atom is 0.238 e. The third kappa shape index (κ3) is 2.50. The topological polar surface area (TPSA) is 83.6 Å². The Kier molecular flexibility index (Phi) is 3.61. The van der Waals surface area contributed by atoms with Crippen LogP contribution in [0.5, 0.6) is 0 Å². The summed E-state index contributed by atoms with van der Waals surface area (Å²) in [6.45, 7) is 3.10. The molecule has 5 nitrogen and oxygen atoms in total. The van der Waals surface area contributed by atoms with Crippen molar-refractivity contribution in [1.82, 2.24) is 0 Å². The number of nitrogens with two attached hydrogens (primary N) is 1. The minimum atomic E-state index is -3.64. The first kappa shape index (κ1) is 13.3. The SMILES string of the molecule is CC1CCN(c2ccc(S(N)(=O)=O)cc2)C1CO. The third-order valence-electron chi connectivity index (χ3n) is 3.57. The molecule has 1 aromatic rings. The maximum atomic E-state index is 11.2. The monoisotopic (exact) mass is 270 g/mol. The molecule has 0 saturated carbocycles. The molecule has 0 aromatic heterocycles. The highest BCUT2D eigenvalue weighted by atomic mass is 32.2. The Hall–Kier alpha value is -1.11. The molecular weight excluding hydrogens is 252 g/mol. The van der Waals surface area contributed by atoms with E-state index in [4.69, 9.17) is 5.14 Å². The first-order valence-corrected chi connectivity index (χ1v) is 7.48. The zero-order valence-corrected chi connectivity index (χ0v) is 11.1. The minimum Gasteiger partial charge on any atom is -0.394 e. The second-order valence-electron chi connectivity index (χ2n) is 4.75. The summed E-state index contributed by atoms with van der Waals surface area (Å²) in [5.74, 6) is 0.438. The first-order valence-electron chi connectivity index (χ1n) is 5.94.